The highest BCUT2D eigenvalue weighted by molar-refractivity contribution is 5.95. The lowest BCUT2D eigenvalue weighted by Crippen LogP contribution is -2.17. The molecular formula is C8H11N3. The van der Waals surface area contributed by atoms with Gasteiger partial charge in [-0.3, -0.25) is 0 Å². The van der Waals surface area contributed by atoms with Crippen molar-refractivity contribution in [2.75, 3.05) is 0 Å². The number of allylic oxidation sites excluding steroid dienone is 4. The van der Waals surface area contributed by atoms with Crippen molar-refractivity contribution in [3.63, 3.8) is 0 Å². The molecule has 0 atom stereocenters. The first kappa shape index (κ1) is 7.60. The molecule has 0 fully saturated rings. The Morgan fingerprint density at radius 2 is 2.27 bits per heavy atom. The number of nitrogens with two attached hydrogens (primary N) is 1. The molecule has 58 valence electrons. The minimum Gasteiger partial charge on any atom is -0.396 e. The summed E-state index contributed by atoms with van der Waals surface area (Å²) in [6, 6.07) is 0. The van der Waals surface area contributed by atoms with Gasteiger partial charge < -0.3 is 16.5 Å². The molecule has 0 aromatic carbocycles. The van der Waals surface area contributed by atoms with E-state index < -0.39 is 0 Å². The first-order valence-corrected chi connectivity index (χ1v) is 3.37. The SMILES string of the molecule is CC(=N)/C(N)=C1/C=CC=CN1. The number of nitrogens with one attached hydrogen (secondary N) is 2. The smallest absolute Gasteiger partial charge is 0.0761 e. The van der Waals surface area contributed by atoms with E-state index >= 15 is 0 Å². The molecule has 1 rings (SSSR count). The molecule has 0 saturated heterocycles. The highest BCUT2D eigenvalue weighted by atomic mass is 14.9. The minimum atomic E-state index is 0.382. The second kappa shape index (κ2) is 3.05. The average Bonchev–Trinajstić information content (AvgIpc) is 2.05. The number of dihydropyridines is 1. The molecule has 0 aliphatic carbocycles. The van der Waals surface area contributed by atoms with E-state index in [-0.39, 0.29) is 0 Å². The third-order valence-corrected chi connectivity index (χ3v) is 1.40. The van der Waals surface area contributed by atoms with Gasteiger partial charge in [0.25, 0.3) is 0 Å². The van der Waals surface area contributed by atoms with Crippen LogP contribution in [0.4, 0.5) is 0 Å². The maximum Gasteiger partial charge on any atom is 0.0761 e. The van der Waals surface area contributed by atoms with Crippen molar-refractivity contribution in [2.45, 2.75) is 6.92 Å². The van der Waals surface area contributed by atoms with Crippen molar-refractivity contribution in [2.24, 2.45) is 5.73 Å². The quantitative estimate of drug-likeness (QED) is 0.484. The number of rotatable bonds is 1. The van der Waals surface area contributed by atoms with Gasteiger partial charge in [0.15, 0.2) is 0 Å². The molecule has 1 heterocycles. The summed E-state index contributed by atoms with van der Waals surface area (Å²) in [7, 11) is 0. The van der Waals surface area contributed by atoms with Crippen LogP contribution in [-0.4, -0.2) is 5.71 Å². The maximum atomic E-state index is 7.26. The zero-order valence-electron chi connectivity index (χ0n) is 6.39. The third-order valence-electron chi connectivity index (χ3n) is 1.40. The van der Waals surface area contributed by atoms with Crippen LogP contribution >= 0.6 is 0 Å². The molecule has 0 radical (unpaired) electrons. The zero-order chi connectivity index (χ0) is 8.27. The zero-order valence-corrected chi connectivity index (χ0v) is 6.39. The molecule has 3 heteroatoms. The van der Waals surface area contributed by atoms with E-state index in [4.69, 9.17) is 11.1 Å². The molecular weight excluding hydrogens is 138 g/mol. The Morgan fingerprint density at radius 1 is 1.55 bits per heavy atom. The second-order valence-electron chi connectivity index (χ2n) is 2.31. The highest BCUT2D eigenvalue weighted by Crippen LogP contribution is 2.02. The van der Waals surface area contributed by atoms with E-state index in [1.54, 1.807) is 13.1 Å². The van der Waals surface area contributed by atoms with Crippen LogP contribution in [0, 0.1) is 5.41 Å². The summed E-state index contributed by atoms with van der Waals surface area (Å²) in [6.45, 7) is 1.66. The van der Waals surface area contributed by atoms with Crippen LogP contribution < -0.4 is 11.1 Å². The summed E-state index contributed by atoms with van der Waals surface area (Å²) < 4.78 is 0. The van der Waals surface area contributed by atoms with Crippen molar-refractivity contribution in [3.05, 3.63) is 35.8 Å². The average molecular weight is 149 g/mol. The molecule has 0 saturated carbocycles. The van der Waals surface area contributed by atoms with Gasteiger partial charge in [-0.05, 0) is 19.1 Å². The monoisotopic (exact) mass is 149 g/mol. The van der Waals surface area contributed by atoms with Gasteiger partial charge in [0.1, 0.15) is 0 Å². The van der Waals surface area contributed by atoms with Gasteiger partial charge >= 0.3 is 0 Å². The molecule has 0 amide bonds. The molecule has 4 N–H and O–H groups in total. The van der Waals surface area contributed by atoms with E-state index in [1.165, 1.54) is 0 Å². The summed E-state index contributed by atoms with van der Waals surface area (Å²) in [5, 5.41) is 10.2. The predicted molar refractivity (Wildman–Crippen MR) is 46.0 cm³/mol. The fourth-order valence-corrected chi connectivity index (χ4v) is 0.763. The Hall–Kier alpha value is -1.51. The van der Waals surface area contributed by atoms with E-state index in [0.29, 0.717) is 11.4 Å². The number of hydrogen-bond acceptors (Lipinski definition) is 3. The van der Waals surface area contributed by atoms with Crippen LogP contribution in [0.15, 0.2) is 35.8 Å². The third kappa shape index (κ3) is 1.70. The van der Waals surface area contributed by atoms with Gasteiger partial charge in [-0.15, -0.1) is 0 Å². The highest BCUT2D eigenvalue weighted by Gasteiger charge is 2.01. The van der Waals surface area contributed by atoms with Crippen molar-refractivity contribution in [1.82, 2.24) is 5.32 Å². The lowest BCUT2D eigenvalue weighted by molar-refractivity contribution is 1.06. The fourth-order valence-electron chi connectivity index (χ4n) is 0.763. The molecule has 0 aromatic rings. The van der Waals surface area contributed by atoms with Crippen LogP contribution in [0.2, 0.25) is 0 Å². The predicted octanol–water partition coefficient (Wildman–Crippen LogP) is 0.869. The number of hydrogen-bond donors (Lipinski definition) is 3. The van der Waals surface area contributed by atoms with E-state index in [9.17, 15) is 0 Å². The van der Waals surface area contributed by atoms with Crippen LogP contribution in [0.1, 0.15) is 6.92 Å². The molecule has 0 bridgehead atoms. The van der Waals surface area contributed by atoms with Crippen LogP contribution in [0.5, 0.6) is 0 Å². The van der Waals surface area contributed by atoms with Crippen molar-refractivity contribution in [3.8, 4) is 0 Å². The summed E-state index contributed by atoms with van der Waals surface area (Å²) in [4.78, 5) is 0. The first-order chi connectivity index (χ1) is 5.22. The van der Waals surface area contributed by atoms with Gasteiger partial charge in [-0.1, -0.05) is 6.08 Å². The van der Waals surface area contributed by atoms with Gasteiger partial charge in [0, 0.05) is 6.20 Å². The standard InChI is InChI=1S/C8H11N3/c1-6(9)8(10)7-4-2-3-5-11-7/h2-5,9,11H,10H2,1H3/b8-7+,9-6?. The lowest BCUT2D eigenvalue weighted by atomic mass is 10.2. The van der Waals surface area contributed by atoms with Gasteiger partial charge in [0.05, 0.1) is 17.1 Å². The van der Waals surface area contributed by atoms with Gasteiger partial charge in [-0.2, -0.15) is 0 Å². The molecule has 11 heavy (non-hydrogen) atoms. The van der Waals surface area contributed by atoms with Gasteiger partial charge in [-0.25, -0.2) is 0 Å². The van der Waals surface area contributed by atoms with Gasteiger partial charge in [0.2, 0.25) is 0 Å². The summed E-state index contributed by atoms with van der Waals surface area (Å²) in [5.74, 6) is 0. The Labute approximate surface area is 65.8 Å². The van der Waals surface area contributed by atoms with E-state index in [0.717, 1.165) is 5.70 Å². The second-order valence-corrected chi connectivity index (χ2v) is 2.31. The van der Waals surface area contributed by atoms with Crippen LogP contribution in [-0.2, 0) is 0 Å². The minimum absolute atomic E-state index is 0.382. The summed E-state index contributed by atoms with van der Waals surface area (Å²) in [5.41, 5.74) is 7.26. The van der Waals surface area contributed by atoms with Crippen molar-refractivity contribution >= 4 is 5.71 Å². The Kier molecular flexibility index (Phi) is 2.11. The maximum absolute atomic E-state index is 7.26. The van der Waals surface area contributed by atoms with Crippen molar-refractivity contribution in [1.29, 1.82) is 5.41 Å². The molecule has 0 spiro atoms. The summed E-state index contributed by atoms with van der Waals surface area (Å²) >= 11 is 0. The molecule has 0 aromatic heterocycles. The Balaban J connectivity index is 2.88. The first-order valence-electron chi connectivity index (χ1n) is 3.37. The van der Waals surface area contributed by atoms with Crippen molar-refractivity contribution < 1.29 is 0 Å². The molecule has 1 aliphatic heterocycles. The molecule has 1 aliphatic rings. The molecule has 0 unspecified atom stereocenters. The lowest BCUT2D eigenvalue weighted by Gasteiger charge is -2.08. The molecule has 3 nitrogen and oxygen atoms in total. The topological polar surface area (TPSA) is 61.9 Å². The Bertz CT molecular complexity index is 259. The normalized spacial score (nSPS) is 19.4. The largest absolute Gasteiger partial charge is 0.396 e. The Morgan fingerprint density at radius 3 is 2.73 bits per heavy atom. The van der Waals surface area contributed by atoms with E-state index in [2.05, 4.69) is 5.32 Å². The van der Waals surface area contributed by atoms with Crippen LogP contribution in [0.3, 0.4) is 0 Å². The van der Waals surface area contributed by atoms with E-state index in [1.807, 2.05) is 18.2 Å². The fraction of sp³-hybridized carbons (Fsp3) is 0.125. The van der Waals surface area contributed by atoms with Crippen LogP contribution in [0.25, 0.3) is 0 Å². The summed E-state index contributed by atoms with van der Waals surface area (Å²) in [6.07, 6.45) is 7.37.